The fourth-order valence-electron chi connectivity index (χ4n) is 0.960. The van der Waals surface area contributed by atoms with Crippen LogP contribution >= 0.6 is 0 Å². The Morgan fingerprint density at radius 3 is 2.09 bits per heavy atom. The van der Waals surface area contributed by atoms with E-state index in [1.165, 1.54) is 0 Å². The summed E-state index contributed by atoms with van der Waals surface area (Å²) in [4.78, 5) is 11.0. The Kier molecular flexibility index (Phi) is 4.11. The third-order valence-corrected chi connectivity index (χ3v) is 1.86. The second-order valence-electron chi connectivity index (χ2n) is 3.14. The Balaban J connectivity index is 4.01. The lowest BCUT2D eigenvalue weighted by Crippen LogP contribution is -2.36. The minimum absolute atomic E-state index is 0.105. The van der Waals surface area contributed by atoms with E-state index in [1.54, 1.807) is 14.0 Å². The van der Waals surface area contributed by atoms with Crippen molar-refractivity contribution in [3.8, 4) is 0 Å². The predicted octanol–water partition coefficient (Wildman–Crippen LogP) is 0.385. The van der Waals surface area contributed by atoms with Crippen LogP contribution in [0.15, 0.2) is 0 Å². The zero-order valence-electron chi connectivity index (χ0n) is 7.59. The van der Waals surface area contributed by atoms with Crippen molar-refractivity contribution in [3.05, 3.63) is 0 Å². The van der Waals surface area contributed by atoms with Crippen molar-refractivity contribution < 1.29 is 9.90 Å². The summed E-state index contributed by atoms with van der Waals surface area (Å²) in [5.74, 6) is -0.298. The molecule has 2 N–H and O–H groups in total. The Hall–Kier alpha value is -0.570. The molecule has 0 saturated carbocycles. The lowest BCUT2D eigenvalue weighted by Gasteiger charge is -2.20. The van der Waals surface area contributed by atoms with Crippen LogP contribution in [0.2, 0.25) is 0 Å². The summed E-state index contributed by atoms with van der Waals surface area (Å²) in [5, 5.41) is 11.9. The van der Waals surface area contributed by atoms with Crippen LogP contribution in [0.3, 0.4) is 0 Å². The highest BCUT2D eigenvalue weighted by Gasteiger charge is 2.23. The summed E-state index contributed by atoms with van der Waals surface area (Å²) in [7, 11) is 1.58. The average Bonchev–Trinajstić information content (AvgIpc) is 2.00. The molecule has 0 aromatic rings. The minimum Gasteiger partial charge on any atom is -0.392 e. The predicted molar refractivity (Wildman–Crippen MR) is 44.1 cm³/mol. The highest BCUT2D eigenvalue weighted by Crippen LogP contribution is 2.11. The molecule has 3 heteroatoms. The molecule has 0 aliphatic heterocycles. The van der Waals surface area contributed by atoms with Crippen molar-refractivity contribution >= 4 is 5.91 Å². The number of carbonyl (C=O) groups is 1. The second kappa shape index (κ2) is 4.34. The zero-order valence-corrected chi connectivity index (χ0v) is 7.59. The largest absolute Gasteiger partial charge is 0.392 e. The normalized spacial score (nSPS) is 16.2. The third kappa shape index (κ3) is 2.89. The third-order valence-electron chi connectivity index (χ3n) is 1.86. The van der Waals surface area contributed by atoms with E-state index >= 15 is 0 Å². The molecule has 1 amide bonds. The summed E-state index contributed by atoms with van der Waals surface area (Å²) in [6, 6.07) is 0. The van der Waals surface area contributed by atoms with Crippen LogP contribution in [0.25, 0.3) is 0 Å². The van der Waals surface area contributed by atoms with Gasteiger partial charge in [-0.1, -0.05) is 20.8 Å². The molecule has 11 heavy (non-hydrogen) atoms. The molecule has 0 aromatic carbocycles. The number of aliphatic hydroxyl groups excluding tert-OH is 1. The van der Waals surface area contributed by atoms with Gasteiger partial charge in [-0.25, -0.2) is 0 Å². The van der Waals surface area contributed by atoms with Gasteiger partial charge in [-0.15, -0.1) is 0 Å². The van der Waals surface area contributed by atoms with E-state index in [9.17, 15) is 9.90 Å². The molecule has 2 atom stereocenters. The molecule has 0 rings (SSSR count). The number of aliphatic hydroxyl groups is 1. The number of nitrogens with one attached hydrogen (secondary N) is 1. The van der Waals surface area contributed by atoms with E-state index in [1.807, 2.05) is 13.8 Å². The molecule has 0 unspecified atom stereocenters. The molecule has 0 bridgehead atoms. The van der Waals surface area contributed by atoms with E-state index in [0.29, 0.717) is 0 Å². The first-order valence-electron chi connectivity index (χ1n) is 3.90. The van der Waals surface area contributed by atoms with Gasteiger partial charge in [0, 0.05) is 7.05 Å². The maximum absolute atomic E-state index is 11.0. The van der Waals surface area contributed by atoms with Crippen molar-refractivity contribution in [2.75, 3.05) is 7.05 Å². The number of carbonyl (C=O) groups excluding carboxylic acids is 1. The number of hydrogen-bond acceptors (Lipinski definition) is 2. The van der Waals surface area contributed by atoms with Gasteiger partial charge in [-0.3, -0.25) is 4.79 Å². The molecule has 3 nitrogen and oxygen atoms in total. The monoisotopic (exact) mass is 159 g/mol. The van der Waals surface area contributed by atoms with E-state index in [2.05, 4.69) is 5.32 Å². The van der Waals surface area contributed by atoms with Crippen LogP contribution in [-0.4, -0.2) is 24.2 Å². The number of amides is 1. The van der Waals surface area contributed by atoms with Crippen LogP contribution in [0.1, 0.15) is 20.8 Å². The molecule has 0 heterocycles. The van der Waals surface area contributed by atoms with Gasteiger partial charge in [-0.05, 0) is 5.92 Å². The quantitative estimate of drug-likeness (QED) is 0.625. The van der Waals surface area contributed by atoms with Crippen molar-refractivity contribution in [2.24, 2.45) is 11.8 Å². The first kappa shape index (κ1) is 10.4. The zero-order chi connectivity index (χ0) is 9.02. The van der Waals surface area contributed by atoms with Crippen molar-refractivity contribution in [1.29, 1.82) is 0 Å². The fraction of sp³-hybridized carbons (Fsp3) is 0.875. The Morgan fingerprint density at radius 1 is 1.36 bits per heavy atom. The van der Waals surface area contributed by atoms with Gasteiger partial charge in [0.1, 0.15) is 0 Å². The van der Waals surface area contributed by atoms with Crippen LogP contribution in [0, 0.1) is 11.8 Å². The van der Waals surface area contributed by atoms with Gasteiger partial charge < -0.3 is 10.4 Å². The van der Waals surface area contributed by atoms with E-state index < -0.39 is 6.10 Å². The number of rotatable bonds is 3. The molecule has 0 saturated heterocycles. The van der Waals surface area contributed by atoms with Gasteiger partial charge in [0.05, 0.1) is 12.0 Å². The van der Waals surface area contributed by atoms with Gasteiger partial charge in [-0.2, -0.15) is 0 Å². The lowest BCUT2D eigenvalue weighted by atomic mass is 9.94. The Morgan fingerprint density at radius 2 is 1.82 bits per heavy atom. The maximum Gasteiger partial charge on any atom is 0.225 e. The standard InChI is InChI=1S/C8H17NO2/c1-5(2)7(10)6(3)8(11)9-4/h5-7,10H,1-4H3,(H,9,11)/t6-,7-/m0/s1. The van der Waals surface area contributed by atoms with Crippen LogP contribution in [0.5, 0.6) is 0 Å². The molecular formula is C8H17NO2. The van der Waals surface area contributed by atoms with E-state index in [4.69, 9.17) is 0 Å². The molecule has 0 spiro atoms. The van der Waals surface area contributed by atoms with Crippen molar-refractivity contribution in [2.45, 2.75) is 26.9 Å². The first-order chi connectivity index (χ1) is 5.00. The van der Waals surface area contributed by atoms with Crippen molar-refractivity contribution in [3.63, 3.8) is 0 Å². The van der Waals surface area contributed by atoms with Crippen LogP contribution < -0.4 is 5.32 Å². The Labute approximate surface area is 67.8 Å². The van der Waals surface area contributed by atoms with Crippen LogP contribution in [-0.2, 0) is 4.79 Å². The minimum atomic E-state index is -0.546. The van der Waals surface area contributed by atoms with Crippen molar-refractivity contribution in [1.82, 2.24) is 5.32 Å². The molecule has 0 aliphatic rings. The highest BCUT2D eigenvalue weighted by molar-refractivity contribution is 5.78. The van der Waals surface area contributed by atoms with Gasteiger partial charge >= 0.3 is 0 Å². The molecule has 0 aliphatic carbocycles. The molecule has 66 valence electrons. The SMILES string of the molecule is CNC(=O)[C@@H](C)[C@@H](O)C(C)C. The smallest absolute Gasteiger partial charge is 0.225 e. The van der Waals surface area contributed by atoms with Crippen LogP contribution in [0.4, 0.5) is 0 Å². The summed E-state index contributed by atoms with van der Waals surface area (Å²) in [6.07, 6.45) is -0.546. The summed E-state index contributed by atoms with van der Waals surface area (Å²) in [5.41, 5.74) is 0. The van der Waals surface area contributed by atoms with Gasteiger partial charge in [0.25, 0.3) is 0 Å². The lowest BCUT2D eigenvalue weighted by molar-refractivity contribution is -0.128. The molecule has 0 fully saturated rings. The van der Waals surface area contributed by atoms with E-state index in [-0.39, 0.29) is 17.7 Å². The number of hydrogen-bond donors (Lipinski definition) is 2. The molecule has 0 radical (unpaired) electrons. The van der Waals surface area contributed by atoms with E-state index in [0.717, 1.165) is 0 Å². The second-order valence-corrected chi connectivity index (χ2v) is 3.14. The average molecular weight is 159 g/mol. The molecule has 0 aromatic heterocycles. The molecular weight excluding hydrogens is 142 g/mol. The highest BCUT2D eigenvalue weighted by atomic mass is 16.3. The maximum atomic E-state index is 11.0. The van der Waals surface area contributed by atoms with Gasteiger partial charge in [0.2, 0.25) is 5.91 Å². The summed E-state index contributed by atoms with van der Waals surface area (Å²) < 4.78 is 0. The van der Waals surface area contributed by atoms with Gasteiger partial charge in [0.15, 0.2) is 0 Å². The topological polar surface area (TPSA) is 49.3 Å². The summed E-state index contributed by atoms with van der Waals surface area (Å²) in [6.45, 7) is 5.51. The summed E-state index contributed by atoms with van der Waals surface area (Å²) >= 11 is 0. The Bertz CT molecular complexity index is 134. The first-order valence-corrected chi connectivity index (χ1v) is 3.90. The fourth-order valence-corrected chi connectivity index (χ4v) is 0.960.